The summed E-state index contributed by atoms with van der Waals surface area (Å²) in [5, 5.41) is 10.1. The Bertz CT molecular complexity index is 811. The van der Waals surface area contributed by atoms with E-state index >= 15 is 0 Å². The molecule has 2 aromatic heterocycles. The number of pyridine rings is 1. The molecule has 3 rings (SSSR count). The standard InChI is InChI=1S/C20H28N6O2/c1-21-19-17(4-3-9-22-19)20(28)26-10-7-15(8-11-26)12-23-18(27)6-5-16-13-24-25(2)14-16/h3-4,9,13-15H,5-8,10-12H2,1-2H3,(H,21,22)(H,23,27). The SMILES string of the molecule is CNc1ncccc1C(=O)N1CCC(CNC(=O)CCc2cnn(C)c2)CC1. The van der Waals surface area contributed by atoms with Gasteiger partial charge in [-0.2, -0.15) is 5.10 Å². The van der Waals surface area contributed by atoms with Crippen LogP contribution in [0.25, 0.3) is 0 Å². The average Bonchev–Trinajstić information content (AvgIpc) is 3.15. The van der Waals surface area contributed by atoms with E-state index in [1.54, 1.807) is 36.3 Å². The number of piperidine rings is 1. The van der Waals surface area contributed by atoms with Gasteiger partial charge in [0.2, 0.25) is 5.91 Å². The first-order valence-corrected chi connectivity index (χ1v) is 9.73. The molecule has 0 aliphatic carbocycles. The summed E-state index contributed by atoms with van der Waals surface area (Å²) >= 11 is 0. The smallest absolute Gasteiger partial charge is 0.257 e. The fourth-order valence-electron chi connectivity index (χ4n) is 3.49. The normalized spacial score (nSPS) is 14.7. The number of carbonyl (C=O) groups excluding carboxylic acids is 2. The van der Waals surface area contributed by atoms with Crippen molar-refractivity contribution in [3.05, 3.63) is 41.9 Å². The van der Waals surface area contributed by atoms with Gasteiger partial charge in [-0.05, 0) is 42.9 Å². The molecule has 28 heavy (non-hydrogen) atoms. The minimum Gasteiger partial charge on any atom is -0.372 e. The van der Waals surface area contributed by atoms with E-state index in [0.717, 1.165) is 18.4 Å². The van der Waals surface area contributed by atoms with Crippen molar-refractivity contribution in [3.63, 3.8) is 0 Å². The summed E-state index contributed by atoms with van der Waals surface area (Å²) in [7, 11) is 3.64. The minimum atomic E-state index is 0.0106. The van der Waals surface area contributed by atoms with Crippen LogP contribution in [0, 0.1) is 5.92 Å². The van der Waals surface area contributed by atoms with Crippen molar-refractivity contribution in [2.24, 2.45) is 13.0 Å². The summed E-state index contributed by atoms with van der Waals surface area (Å²) in [6.07, 6.45) is 8.35. The molecule has 1 fully saturated rings. The van der Waals surface area contributed by atoms with Gasteiger partial charge in [-0.1, -0.05) is 0 Å². The molecule has 2 aromatic rings. The van der Waals surface area contributed by atoms with Crippen LogP contribution in [0.3, 0.4) is 0 Å². The third-order valence-corrected chi connectivity index (χ3v) is 5.16. The average molecular weight is 384 g/mol. The number of carbonyl (C=O) groups is 2. The Balaban J connectivity index is 1.40. The van der Waals surface area contributed by atoms with Crippen LogP contribution in [0.15, 0.2) is 30.7 Å². The fraction of sp³-hybridized carbons (Fsp3) is 0.500. The maximum Gasteiger partial charge on any atom is 0.257 e. The molecule has 0 saturated carbocycles. The minimum absolute atomic E-state index is 0.0106. The zero-order chi connectivity index (χ0) is 19.9. The molecular formula is C20H28N6O2. The van der Waals surface area contributed by atoms with E-state index in [2.05, 4.69) is 20.7 Å². The second-order valence-corrected chi connectivity index (χ2v) is 7.21. The molecule has 0 unspecified atom stereocenters. The summed E-state index contributed by atoms with van der Waals surface area (Å²) in [5.41, 5.74) is 1.67. The molecule has 1 aliphatic heterocycles. The number of rotatable bonds is 7. The maximum absolute atomic E-state index is 12.7. The van der Waals surface area contributed by atoms with Crippen molar-refractivity contribution in [2.75, 3.05) is 32.0 Å². The first kappa shape index (κ1) is 19.9. The first-order chi connectivity index (χ1) is 13.6. The van der Waals surface area contributed by atoms with Gasteiger partial charge in [-0.15, -0.1) is 0 Å². The van der Waals surface area contributed by atoms with Crippen LogP contribution in [0.4, 0.5) is 5.82 Å². The van der Waals surface area contributed by atoms with Crippen LogP contribution < -0.4 is 10.6 Å². The lowest BCUT2D eigenvalue weighted by atomic mass is 9.96. The summed E-state index contributed by atoms with van der Waals surface area (Å²) in [4.78, 5) is 30.9. The lowest BCUT2D eigenvalue weighted by molar-refractivity contribution is -0.121. The predicted octanol–water partition coefficient (Wildman–Crippen LogP) is 1.46. The van der Waals surface area contributed by atoms with Crippen molar-refractivity contribution in [2.45, 2.75) is 25.7 Å². The molecule has 150 valence electrons. The van der Waals surface area contributed by atoms with Crippen molar-refractivity contribution >= 4 is 17.6 Å². The number of hydrogen-bond donors (Lipinski definition) is 2. The van der Waals surface area contributed by atoms with E-state index in [9.17, 15) is 9.59 Å². The molecule has 0 spiro atoms. The lowest BCUT2D eigenvalue weighted by Gasteiger charge is -2.32. The summed E-state index contributed by atoms with van der Waals surface area (Å²) in [6, 6.07) is 3.58. The van der Waals surface area contributed by atoms with E-state index in [4.69, 9.17) is 0 Å². The Morgan fingerprint density at radius 2 is 2.07 bits per heavy atom. The van der Waals surface area contributed by atoms with Crippen LogP contribution in [0.5, 0.6) is 0 Å². The highest BCUT2D eigenvalue weighted by Gasteiger charge is 2.25. The number of hydrogen-bond acceptors (Lipinski definition) is 5. The number of amides is 2. The molecule has 1 aliphatic rings. The second-order valence-electron chi connectivity index (χ2n) is 7.21. The first-order valence-electron chi connectivity index (χ1n) is 9.73. The summed E-state index contributed by atoms with van der Waals surface area (Å²) < 4.78 is 1.74. The maximum atomic E-state index is 12.7. The van der Waals surface area contributed by atoms with E-state index in [1.165, 1.54) is 0 Å². The van der Waals surface area contributed by atoms with Gasteiger partial charge in [0.25, 0.3) is 5.91 Å². The molecular weight excluding hydrogens is 356 g/mol. The Morgan fingerprint density at radius 1 is 1.29 bits per heavy atom. The van der Waals surface area contributed by atoms with E-state index in [-0.39, 0.29) is 11.8 Å². The third-order valence-electron chi connectivity index (χ3n) is 5.16. The number of nitrogens with zero attached hydrogens (tertiary/aromatic N) is 4. The summed E-state index contributed by atoms with van der Waals surface area (Å²) in [6.45, 7) is 2.07. The molecule has 0 radical (unpaired) electrons. The monoisotopic (exact) mass is 384 g/mol. The zero-order valence-corrected chi connectivity index (χ0v) is 16.5. The number of anilines is 1. The number of aromatic nitrogens is 3. The fourth-order valence-corrected chi connectivity index (χ4v) is 3.49. The molecule has 0 bridgehead atoms. The number of nitrogens with one attached hydrogen (secondary N) is 2. The van der Waals surface area contributed by atoms with Crippen LogP contribution in [-0.4, -0.2) is 58.2 Å². The molecule has 2 N–H and O–H groups in total. The van der Waals surface area contributed by atoms with Gasteiger partial charge in [-0.3, -0.25) is 14.3 Å². The molecule has 3 heterocycles. The Morgan fingerprint density at radius 3 is 2.75 bits per heavy atom. The van der Waals surface area contributed by atoms with Gasteiger partial charge in [0.1, 0.15) is 5.82 Å². The highest BCUT2D eigenvalue weighted by atomic mass is 16.2. The molecule has 8 nitrogen and oxygen atoms in total. The van der Waals surface area contributed by atoms with E-state index < -0.39 is 0 Å². The van der Waals surface area contributed by atoms with Gasteiger partial charge in [0, 0.05) is 52.5 Å². The Kier molecular flexibility index (Phi) is 6.62. The highest BCUT2D eigenvalue weighted by molar-refractivity contribution is 5.98. The lowest BCUT2D eigenvalue weighted by Crippen LogP contribution is -2.41. The Hall–Kier alpha value is -2.90. The van der Waals surface area contributed by atoms with E-state index in [1.807, 2.05) is 18.1 Å². The quantitative estimate of drug-likeness (QED) is 0.754. The molecule has 8 heteroatoms. The zero-order valence-electron chi connectivity index (χ0n) is 16.5. The van der Waals surface area contributed by atoms with Gasteiger partial charge in [-0.25, -0.2) is 4.98 Å². The third kappa shape index (κ3) is 5.09. The van der Waals surface area contributed by atoms with Gasteiger partial charge in [0.15, 0.2) is 0 Å². The van der Waals surface area contributed by atoms with Gasteiger partial charge in [0.05, 0.1) is 11.8 Å². The molecule has 0 atom stereocenters. The number of aryl methyl sites for hydroxylation is 2. The van der Waals surface area contributed by atoms with Crippen LogP contribution in [0.1, 0.15) is 35.2 Å². The highest BCUT2D eigenvalue weighted by Crippen LogP contribution is 2.21. The summed E-state index contributed by atoms with van der Waals surface area (Å²) in [5.74, 6) is 1.09. The van der Waals surface area contributed by atoms with Crippen molar-refractivity contribution in [3.8, 4) is 0 Å². The van der Waals surface area contributed by atoms with E-state index in [0.29, 0.717) is 49.8 Å². The second kappa shape index (κ2) is 9.34. The van der Waals surface area contributed by atoms with Crippen molar-refractivity contribution in [1.82, 2.24) is 25.0 Å². The predicted molar refractivity (Wildman–Crippen MR) is 107 cm³/mol. The topological polar surface area (TPSA) is 92.2 Å². The van der Waals surface area contributed by atoms with Crippen LogP contribution >= 0.6 is 0 Å². The largest absolute Gasteiger partial charge is 0.372 e. The van der Waals surface area contributed by atoms with Gasteiger partial charge < -0.3 is 15.5 Å². The van der Waals surface area contributed by atoms with Crippen molar-refractivity contribution < 1.29 is 9.59 Å². The number of likely N-dealkylation sites (tertiary alicyclic amines) is 1. The Labute approximate surface area is 165 Å². The molecule has 1 saturated heterocycles. The van der Waals surface area contributed by atoms with Crippen molar-refractivity contribution in [1.29, 1.82) is 0 Å². The van der Waals surface area contributed by atoms with Gasteiger partial charge >= 0.3 is 0 Å². The van der Waals surface area contributed by atoms with Crippen LogP contribution in [0.2, 0.25) is 0 Å². The molecule has 0 aromatic carbocycles. The van der Waals surface area contributed by atoms with Crippen LogP contribution in [-0.2, 0) is 18.3 Å². The molecule has 2 amide bonds.